The molecule has 0 radical (unpaired) electrons. The number of benzene rings is 2. The predicted octanol–water partition coefficient (Wildman–Crippen LogP) is 8.00. The van der Waals surface area contributed by atoms with Gasteiger partial charge in [0.2, 0.25) is 0 Å². The first-order chi connectivity index (χ1) is 14.0. The average Bonchev–Trinajstić information content (AvgIpc) is 2.74. The van der Waals surface area contributed by atoms with Crippen LogP contribution in [0.3, 0.4) is 0 Å². The first-order valence-electron chi connectivity index (χ1n) is 11.0. The molecule has 3 rings (SSSR count). The fraction of sp³-hybridized carbons (Fsp3) is 0.462. The third-order valence-corrected chi connectivity index (χ3v) is 6.22. The van der Waals surface area contributed by atoms with Gasteiger partial charge in [-0.25, -0.2) is 13.2 Å². The minimum absolute atomic E-state index is 0.0793. The zero-order valence-corrected chi connectivity index (χ0v) is 17.5. The van der Waals surface area contributed by atoms with Crippen molar-refractivity contribution in [1.29, 1.82) is 0 Å². The van der Waals surface area contributed by atoms with E-state index in [-0.39, 0.29) is 11.7 Å². The molecule has 2 aromatic rings. The number of rotatable bonds is 7. The summed E-state index contributed by atoms with van der Waals surface area (Å²) in [5, 5.41) is 0. The van der Waals surface area contributed by atoms with E-state index in [4.69, 9.17) is 0 Å². The molecule has 0 heterocycles. The maximum absolute atomic E-state index is 14.6. The van der Waals surface area contributed by atoms with Crippen molar-refractivity contribution in [3.8, 4) is 0 Å². The number of aryl methyl sites for hydroxylation is 2. The minimum Gasteiger partial charge on any atom is -0.207 e. The van der Waals surface area contributed by atoms with Gasteiger partial charge in [-0.05, 0) is 85.1 Å². The molecule has 0 aliphatic heterocycles. The van der Waals surface area contributed by atoms with Gasteiger partial charge in [-0.2, -0.15) is 0 Å². The van der Waals surface area contributed by atoms with Crippen molar-refractivity contribution >= 4 is 6.08 Å². The standard InChI is InChI=1S/C26H31F3/c1-3-5-6-22-15-16-23(26(29)25(22)28)21-13-9-18(10-14-21)7-8-19-11-12-20(4-2)24(27)17-19/h7-8,11-12,15-18,21H,3-6,9-10,13-14H2,1-2H3/b8-7+. The lowest BCUT2D eigenvalue weighted by molar-refractivity contribution is 0.364. The lowest BCUT2D eigenvalue weighted by atomic mass is 9.78. The molecule has 0 nitrogen and oxygen atoms in total. The van der Waals surface area contributed by atoms with Gasteiger partial charge in [0.1, 0.15) is 5.82 Å². The Balaban J connectivity index is 1.60. The summed E-state index contributed by atoms with van der Waals surface area (Å²) >= 11 is 0. The monoisotopic (exact) mass is 400 g/mol. The molecule has 2 aromatic carbocycles. The second kappa shape index (κ2) is 10.1. The normalized spacial score (nSPS) is 19.8. The Kier molecular flexibility index (Phi) is 7.57. The Morgan fingerprint density at radius 2 is 1.62 bits per heavy atom. The van der Waals surface area contributed by atoms with Crippen molar-refractivity contribution in [2.45, 2.75) is 71.1 Å². The van der Waals surface area contributed by atoms with Crippen LogP contribution in [0.4, 0.5) is 13.2 Å². The molecule has 156 valence electrons. The van der Waals surface area contributed by atoms with Crippen LogP contribution in [0.5, 0.6) is 0 Å². The van der Waals surface area contributed by atoms with Crippen molar-refractivity contribution in [2.24, 2.45) is 5.92 Å². The maximum Gasteiger partial charge on any atom is 0.162 e. The number of allylic oxidation sites excluding steroid dienone is 1. The van der Waals surface area contributed by atoms with Gasteiger partial charge in [0.25, 0.3) is 0 Å². The van der Waals surface area contributed by atoms with Gasteiger partial charge < -0.3 is 0 Å². The van der Waals surface area contributed by atoms with Gasteiger partial charge in [0.15, 0.2) is 11.6 Å². The van der Waals surface area contributed by atoms with E-state index in [1.165, 1.54) is 0 Å². The molecule has 0 saturated heterocycles. The van der Waals surface area contributed by atoms with E-state index in [0.717, 1.165) is 49.7 Å². The summed E-state index contributed by atoms with van der Waals surface area (Å²) in [6.07, 6.45) is 10.8. The number of hydrogen-bond donors (Lipinski definition) is 0. The third-order valence-electron chi connectivity index (χ3n) is 6.22. The number of hydrogen-bond acceptors (Lipinski definition) is 0. The summed E-state index contributed by atoms with van der Waals surface area (Å²) in [6, 6.07) is 8.93. The van der Waals surface area contributed by atoms with Crippen LogP contribution in [0.2, 0.25) is 0 Å². The summed E-state index contributed by atoms with van der Waals surface area (Å²) in [5.74, 6) is -0.981. The van der Waals surface area contributed by atoms with Crippen LogP contribution in [-0.2, 0) is 12.8 Å². The summed E-state index contributed by atoms with van der Waals surface area (Å²) < 4.78 is 42.9. The molecule has 1 saturated carbocycles. The lowest BCUT2D eigenvalue weighted by Crippen LogP contribution is -2.14. The quantitative estimate of drug-likeness (QED) is 0.442. The van der Waals surface area contributed by atoms with Gasteiger partial charge in [-0.3, -0.25) is 0 Å². The highest BCUT2D eigenvalue weighted by atomic mass is 19.2. The van der Waals surface area contributed by atoms with Gasteiger partial charge >= 0.3 is 0 Å². The molecule has 0 unspecified atom stereocenters. The van der Waals surface area contributed by atoms with Crippen LogP contribution in [0.15, 0.2) is 36.4 Å². The highest BCUT2D eigenvalue weighted by molar-refractivity contribution is 5.50. The zero-order valence-electron chi connectivity index (χ0n) is 17.5. The topological polar surface area (TPSA) is 0 Å². The second-order valence-electron chi connectivity index (χ2n) is 8.22. The Bertz CT molecular complexity index is 845. The summed E-state index contributed by atoms with van der Waals surface area (Å²) in [4.78, 5) is 0. The third kappa shape index (κ3) is 5.32. The molecule has 0 aromatic heterocycles. The van der Waals surface area contributed by atoms with Crippen LogP contribution in [0, 0.1) is 23.4 Å². The van der Waals surface area contributed by atoms with Crippen molar-refractivity contribution in [1.82, 2.24) is 0 Å². The van der Waals surface area contributed by atoms with E-state index in [0.29, 0.717) is 29.9 Å². The van der Waals surface area contributed by atoms with Crippen molar-refractivity contribution in [2.75, 3.05) is 0 Å². The molecule has 1 aliphatic carbocycles. The molecular weight excluding hydrogens is 369 g/mol. The molecule has 0 N–H and O–H groups in total. The molecule has 0 spiro atoms. The van der Waals surface area contributed by atoms with Gasteiger partial charge in [-0.15, -0.1) is 0 Å². The largest absolute Gasteiger partial charge is 0.207 e. The molecule has 0 atom stereocenters. The van der Waals surface area contributed by atoms with Crippen LogP contribution in [-0.4, -0.2) is 0 Å². The van der Waals surface area contributed by atoms with E-state index in [2.05, 4.69) is 6.08 Å². The van der Waals surface area contributed by atoms with Gasteiger partial charge in [0.05, 0.1) is 0 Å². The second-order valence-corrected chi connectivity index (χ2v) is 8.22. The van der Waals surface area contributed by atoms with E-state index in [9.17, 15) is 13.2 Å². The van der Waals surface area contributed by atoms with Crippen LogP contribution >= 0.6 is 0 Å². The maximum atomic E-state index is 14.6. The molecule has 0 amide bonds. The Morgan fingerprint density at radius 3 is 2.28 bits per heavy atom. The fourth-order valence-electron chi connectivity index (χ4n) is 4.30. The molecule has 1 fully saturated rings. The van der Waals surface area contributed by atoms with E-state index in [1.54, 1.807) is 18.2 Å². The van der Waals surface area contributed by atoms with Gasteiger partial charge in [-0.1, -0.05) is 56.7 Å². The summed E-state index contributed by atoms with van der Waals surface area (Å²) in [5.41, 5.74) is 2.63. The Morgan fingerprint density at radius 1 is 0.897 bits per heavy atom. The Labute approximate surface area is 172 Å². The summed E-state index contributed by atoms with van der Waals surface area (Å²) in [6.45, 7) is 3.99. The van der Waals surface area contributed by atoms with Crippen molar-refractivity contribution in [3.05, 3.63) is 76.1 Å². The SMILES string of the molecule is CCCCc1ccc(C2CCC(/C=C/c3ccc(CC)c(F)c3)CC2)c(F)c1F. The van der Waals surface area contributed by atoms with E-state index < -0.39 is 11.6 Å². The first-order valence-corrected chi connectivity index (χ1v) is 11.0. The molecular formula is C26H31F3. The number of halogens is 3. The fourth-order valence-corrected chi connectivity index (χ4v) is 4.30. The molecule has 3 heteroatoms. The average molecular weight is 401 g/mol. The highest BCUT2D eigenvalue weighted by Gasteiger charge is 2.25. The molecule has 0 bridgehead atoms. The van der Waals surface area contributed by atoms with Crippen molar-refractivity contribution < 1.29 is 13.2 Å². The minimum atomic E-state index is -0.657. The van der Waals surface area contributed by atoms with E-state index >= 15 is 0 Å². The molecule has 1 aliphatic rings. The smallest absolute Gasteiger partial charge is 0.162 e. The molecule has 29 heavy (non-hydrogen) atoms. The first kappa shape index (κ1) is 21.7. The number of unbranched alkanes of at least 4 members (excludes halogenated alkanes) is 1. The predicted molar refractivity (Wildman–Crippen MR) is 114 cm³/mol. The summed E-state index contributed by atoms with van der Waals surface area (Å²) in [7, 11) is 0. The van der Waals surface area contributed by atoms with Crippen LogP contribution < -0.4 is 0 Å². The lowest BCUT2D eigenvalue weighted by Gasteiger charge is -2.27. The Hall–Kier alpha value is -2.03. The van der Waals surface area contributed by atoms with Crippen molar-refractivity contribution in [3.63, 3.8) is 0 Å². The van der Waals surface area contributed by atoms with Crippen LogP contribution in [0.1, 0.15) is 80.5 Å². The van der Waals surface area contributed by atoms with Crippen LogP contribution in [0.25, 0.3) is 6.08 Å². The van der Waals surface area contributed by atoms with E-state index in [1.807, 2.05) is 32.1 Å². The zero-order chi connectivity index (χ0) is 20.8. The highest BCUT2D eigenvalue weighted by Crippen LogP contribution is 2.38. The van der Waals surface area contributed by atoms with Gasteiger partial charge in [0, 0.05) is 0 Å².